The zero-order valence-corrected chi connectivity index (χ0v) is 18.0. The normalized spacial score (nSPS) is 18.3. The molecule has 2 aliphatic rings. The molecular weight excluding hydrogens is 383 g/mol. The van der Waals surface area contributed by atoms with Crippen LogP contribution in [0.15, 0.2) is 18.3 Å². The molecule has 2 saturated heterocycles. The van der Waals surface area contributed by atoms with E-state index in [9.17, 15) is 4.79 Å². The van der Waals surface area contributed by atoms with E-state index in [2.05, 4.69) is 22.1 Å². The second-order valence-electron chi connectivity index (χ2n) is 7.35. The Morgan fingerprint density at radius 2 is 1.74 bits per heavy atom. The number of pyridine rings is 1. The Hall–Kier alpha value is -1.04. The minimum absolute atomic E-state index is 0. The van der Waals surface area contributed by atoms with Gasteiger partial charge >= 0.3 is 0 Å². The van der Waals surface area contributed by atoms with Crippen molar-refractivity contribution in [2.45, 2.75) is 45.4 Å². The van der Waals surface area contributed by atoms with Gasteiger partial charge < -0.3 is 15.1 Å². The van der Waals surface area contributed by atoms with Crippen molar-refractivity contribution < 1.29 is 4.79 Å². The average molecular weight is 417 g/mol. The van der Waals surface area contributed by atoms with Gasteiger partial charge in [-0.15, -0.1) is 24.8 Å². The fraction of sp³-hybridized carbons (Fsp3) is 0.700. The van der Waals surface area contributed by atoms with Gasteiger partial charge in [-0.3, -0.25) is 4.79 Å². The molecular formula is C20H34Cl2N4O. The first kappa shape index (κ1) is 24.0. The number of carbonyl (C=O) groups excluding carboxylic acids is 1. The van der Waals surface area contributed by atoms with Crippen LogP contribution in [0.3, 0.4) is 0 Å². The lowest BCUT2D eigenvalue weighted by Crippen LogP contribution is -2.40. The number of piperidine rings is 1. The summed E-state index contributed by atoms with van der Waals surface area (Å²) in [5.41, 5.74) is 0.726. The van der Waals surface area contributed by atoms with Crippen LogP contribution in [0.1, 0.15) is 55.8 Å². The molecule has 1 amide bonds. The number of halogens is 2. The van der Waals surface area contributed by atoms with Gasteiger partial charge in [0.25, 0.3) is 5.91 Å². The Kier molecular flexibility index (Phi) is 11.0. The van der Waals surface area contributed by atoms with Crippen molar-refractivity contribution in [3.8, 4) is 0 Å². The highest BCUT2D eigenvalue weighted by atomic mass is 35.5. The first-order valence-electron chi connectivity index (χ1n) is 9.99. The molecule has 0 atom stereocenters. The van der Waals surface area contributed by atoms with Gasteiger partial charge in [-0.05, 0) is 56.8 Å². The molecule has 0 unspecified atom stereocenters. The lowest BCUT2D eigenvalue weighted by molar-refractivity contribution is 0.0690. The van der Waals surface area contributed by atoms with Crippen LogP contribution in [0.5, 0.6) is 0 Å². The Morgan fingerprint density at radius 3 is 2.30 bits per heavy atom. The quantitative estimate of drug-likeness (QED) is 0.793. The summed E-state index contributed by atoms with van der Waals surface area (Å²) in [4.78, 5) is 21.6. The monoisotopic (exact) mass is 416 g/mol. The van der Waals surface area contributed by atoms with Crippen molar-refractivity contribution in [2.24, 2.45) is 5.92 Å². The molecule has 1 aromatic rings. The molecule has 0 bridgehead atoms. The highest BCUT2D eigenvalue weighted by Crippen LogP contribution is 2.20. The molecule has 0 saturated carbocycles. The fourth-order valence-corrected chi connectivity index (χ4v) is 3.87. The Balaban J connectivity index is 0.00000182. The van der Waals surface area contributed by atoms with Crippen molar-refractivity contribution in [1.29, 1.82) is 0 Å². The molecule has 3 heterocycles. The largest absolute Gasteiger partial charge is 0.357 e. The smallest absolute Gasteiger partial charge is 0.255 e. The van der Waals surface area contributed by atoms with E-state index in [1.807, 2.05) is 17.0 Å². The summed E-state index contributed by atoms with van der Waals surface area (Å²) < 4.78 is 0. The zero-order chi connectivity index (χ0) is 17.5. The number of aromatic nitrogens is 1. The summed E-state index contributed by atoms with van der Waals surface area (Å²) in [6, 6.07) is 3.98. The predicted molar refractivity (Wildman–Crippen MR) is 117 cm³/mol. The van der Waals surface area contributed by atoms with E-state index in [1.165, 1.54) is 25.7 Å². The Labute approximate surface area is 176 Å². The number of hydrogen-bond donors (Lipinski definition) is 1. The Bertz CT molecular complexity index is 539. The van der Waals surface area contributed by atoms with Crippen LogP contribution in [-0.4, -0.2) is 55.1 Å². The third-order valence-electron chi connectivity index (χ3n) is 5.51. The van der Waals surface area contributed by atoms with E-state index >= 15 is 0 Å². The molecule has 2 aliphatic heterocycles. The van der Waals surface area contributed by atoms with Crippen LogP contribution in [0.2, 0.25) is 0 Å². The molecule has 2 fully saturated rings. The number of rotatable bonds is 5. The van der Waals surface area contributed by atoms with Gasteiger partial charge in [-0.25, -0.2) is 4.98 Å². The van der Waals surface area contributed by atoms with E-state index in [1.54, 1.807) is 6.20 Å². The molecule has 7 heteroatoms. The summed E-state index contributed by atoms with van der Waals surface area (Å²) in [5, 5.41) is 3.42. The van der Waals surface area contributed by atoms with Gasteiger partial charge in [0.1, 0.15) is 5.82 Å². The fourth-order valence-electron chi connectivity index (χ4n) is 3.87. The van der Waals surface area contributed by atoms with Crippen LogP contribution in [-0.2, 0) is 0 Å². The summed E-state index contributed by atoms with van der Waals surface area (Å²) in [7, 11) is 0. The first-order chi connectivity index (χ1) is 12.3. The van der Waals surface area contributed by atoms with Crippen molar-refractivity contribution in [3.63, 3.8) is 0 Å². The van der Waals surface area contributed by atoms with Crippen molar-refractivity contribution >= 4 is 36.5 Å². The number of nitrogens with zero attached hydrogens (tertiary/aromatic N) is 3. The third-order valence-corrected chi connectivity index (χ3v) is 5.51. The lowest BCUT2D eigenvalue weighted by atomic mass is 9.96. The van der Waals surface area contributed by atoms with Gasteiger partial charge in [0, 0.05) is 32.4 Å². The molecule has 3 rings (SSSR count). The second-order valence-corrected chi connectivity index (χ2v) is 7.35. The predicted octanol–water partition coefficient (Wildman–Crippen LogP) is 3.77. The summed E-state index contributed by atoms with van der Waals surface area (Å²) in [6.07, 6.45) is 9.07. The highest BCUT2D eigenvalue weighted by molar-refractivity contribution is 5.94. The summed E-state index contributed by atoms with van der Waals surface area (Å²) in [5.74, 6) is 1.85. The van der Waals surface area contributed by atoms with Crippen molar-refractivity contribution in [3.05, 3.63) is 23.9 Å². The first-order valence-corrected chi connectivity index (χ1v) is 9.99. The molecule has 154 valence electrons. The lowest BCUT2D eigenvalue weighted by Gasteiger charge is -2.32. The van der Waals surface area contributed by atoms with Gasteiger partial charge in [-0.1, -0.05) is 19.8 Å². The van der Waals surface area contributed by atoms with E-state index < -0.39 is 0 Å². The average Bonchev–Trinajstić information content (AvgIpc) is 2.96. The molecule has 0 aromatic carbocycles. The molecule has 27 heavy (non-hydrogen) atoms. The van der Waals surface area contributed by atoms with Crippen LogP contribution in [0.4, 0.5) is 5.82 Å². The molecule has 0 spiro atoms. The van der Waals surface area contributed by atoms with E-state index in [4.69, 9.17) is 0 Å². The number of amides is 1. The van der Waals surface area contributed by atoms with Crippen molar-refractivity contribution in [2.75, 3.05) is 44.2 Å². The number of anilines is 1. The summed E-state index contributed by atoms with van der Waals surface area (Å²) >= 11 is 0. The number of likely N-dealkylation sites (tertiary alicyclic amines) is 1. The number of carbonyl (C=O) groups is 1. The maximum Gasteiger partial charge on any atom is 0.255 e. The number of nitrogens with one attached hydrogen (secondary N) is 1. The van der Waals surface area contributed by atoms with E-state index in [-0.39, 0.29) is 30.7 Å². The molecule has 1 aromatic heterocycles. The second kappa shape index (κ2) is 12.4. The van der Waals surface area contributed by atoms with Gasteiger partial charge in [0.15, 0.2) is 0 Å². The topological polar surface area (TPSA) is 48.5 Å². The third kappa shape index (κ3) is 6.81. The van der Waals surface area contributed by atoms with Crippen LogP contribution in [0, 0.1) is 5.92 Å². The maximum atomic E-state index is 12.7. The van der Waals surface area contributed by atoms with Gasteiger partial charge in [0.05, 0.1) is 5.56 Å². The molecule has 0 aliphatic carbocycles. The van der Waals surface area contributed by atoms with E-state index in [0.29, 0.717) is 5.92 Å². The SMILES string of the molecule is CCNCC1CCN(C(=O)c2ccc(N3CCCCCC3)nc2)CC1.Cl.Cl. The maximum absolute atomic E-state index is 12.7. The minimum Gasteiger partial charge on any atom is -0.357 e. The number of hydrogen-bond acceptors (Lipinski definition) is 4. The van der Waals surface area contributed by atoms with Crippen molar-refractivity contribution in [1.82, 2.24) is 15.2 Å². The summed E-state index contributed by atoms with van der Waals surface area (Å²) in [6.45, 7) is 8.13. The highest BCUT2D eigenvalue weighted by Gasteiger charge is 2.23. The van der Waals surface area contributed by atoms with Gasteiger partial charge in [-0.2, -0.15) is 0 Å². The molecule has 1 N–H and O–H groups in total. The standard InChI is InChI=1S/C20H32N4O.2ClH/c1-2-21-15-17-9-13-24(14-10-17)20(25)18-7-8-19(22-16-18)23-11-5-3-4-6-12-23;;/h7-8,16-17,21H,2-6,9-15H2,1H3;2*1H. The molecule has 5 nitrogen and oxygen atoms in total. The zero-order valence-electron chi connectivity index (χ0n) is 16.4. The minimum atomic E-state index is 0. The van der Waals surface area contributed by atoms with Crippen LogP contribution in [0.25, 0.3) is 0 Å². The van der Waals surface area contributed by atoms with E-state index in [0.717, 1.165) is 63.5 Å². The van der Waals surface area contributed by atoms with Crippen LogP contribution >= 0.6 is 24.8 Å². The van der Waals surface area contributed by atoms with Crippen LogP contribution < -0.4 is 10.2 Å². The molecule has 0 radical (unpaired) electrons. The van der Waals surface area contributed by atoms with Gasteiger partial charge in [0.2, 0.25) is 0 Å². The Morgan fingerprint density at radius 1 is 1.07 bits per heavy atom.